The van der Waals surface area contributed by atoms with Crippen molar-refractivity contribution >= 4 is 35.3 Å². The van der Waals surface area contributed by atoms with E-state index in [2.05, 4.69) is 4.99 Å². The second-order valence-corrected chi connectivity index (χ2v) is 8.18. The van der Waals surface area contributed by atoms with Crippen LogP contribution < -0.4 is 14.2 Å². The second-order valence-electron chi connectivity index (χ2n) is 7.77. The van der Waals surface area contributed by atoms with Crippen LogP contribution in [0.2, 0.25) is 5.02 Å². The number of para-hydroxylation sites is 1. The highest BCUT2D eigenvalue weighted by Gasteiger charge is 2.34. The summed E-state index contributed by atoms with van der Waals surface area (Å²) >= 11 is 6.47. The number of carbonyl (C=O) groups is 1. The topological polar surface area (TPSA) is 93.4 Å². The predicted molar refractivity (Wildman–Crippen MR) is 130 cm³/mol. The molecule has 0 aromatic heterocycles. The van der Waals surface area contributed by atoms with Gasteiger partial charge in [0, 0.05) is 6.08 Å². The van der Waals surface area contributed by atoms with Crippen molar-refractivity contribution in [2.45, 2.75) is 20.8 Å². The van der Waals surface area contributed by atoms with Gasteiger partial charge in [0.15, 0.2) is 23.2 Å². The summed E-state index contributed by atoms with van der Waals surface area (Å²) in [6, 6.07) is 9.28. The fourth-order valence-corrected chi connectivity index (χ4v) is 3.92. The van der Waals surface area contributed by atoms with E-state index in [1.165, 1.54) is 18.2 Å². The van der Waals surface area contributed by atoms with E-state index in [0.29, 0.717) is 34.5 Å². The first-order chi connectivity index (χ1) is 16.3. The zero-order valence-corrected chi connectivity index (χ0v) is 20.0. The molecule has 2 aromatic rings. The zero-order valence-electron chi connectivity index (χ0n) is 19.3. The standard InChI is InChI=1S/C25H24ClN3O5/c1-14-6-5-7-15(2)22(14)32-8-9-33-23-19(26)12-17(13-20(23)31-4)11-18-24(27)29-21(28-25(18)30)10-16(3)34-29/h5-7,10-13,27H,8-9H2,1-4H3/b18-11+,27-24?. The van der Waals surface area contributed by atoms with E-state index in [9.17, 15) is 4.79 Å². The Hall–Kier alpha value is -3.78. The van der Waals surface area contributed by atoms with Crippen LogP contribution >= 0.6 is 11.6 Å². The normalized spacial score (nSPS) is 16.1. The van der Waals surface area contributed by atoms with Crippen molar-refractivity contribution in [2.24, 2.45) is 4.99 Å². The molecule has 0 saturated carbocycles. The van der Waals surface area contributed by atoms with Crippen LogP contribution in [0.1, 0.15) is 23.6 Å². The predicted octanol–water partition coefficient (Wildman–Crippen LogP) is 4.87. The lowest BCUT2D eigenvalue weighted by molar-refractivity contribution is -0.114. The minimum Gasteiger partial charge on any atom is -0.493 e. The fourth-order valence-electron chi connectivity index (χ4n) is 3.64. The molecule has 2 aliphatic rings. The van der Waals surface area contributed by atoms with E-state index in [1.54, 1.807) is 25.1 Å². The smallest absolute Gasteiger partial charge is 0.282 e. The summed E-state index contributed by atoms with van der Waals surface area (Å²) in [7, 11) is 1.50. The molecule has 176 valence electrons. The van der Waals surface area contributed by atoms with Gasteiger partial charge in [-0.1, -0.05) is 29.8 Å². The van der Waals surface area contributed by atoms with Gasteiger partial charge in [-0.05, 0) is 55.7 Å². The van der Waals surface area contributed by atoms with Crippen LogP contribution in [-0.2, 0) is 9.63 Å². The van der Waals surface area contributed by atoms with Crippen LogP contribution in [0.3, 0.4) is 0 Å². The lowest BCUT2D eigenvalue weighted by Crippen LogP contribution is -2.38. The number of fused-ring (bicyclic) bond motifs is 1. The summed E-state index contributed by atoms with van der Waals surface area (Å²) in [5, 5.41) is 9.85. The van der Waals surface area contributed by atoms with Crippen LogP contribution in [0, 0.1) is 19.3 Å². The first-order valence-electron chi connectivity index (χ1n) is 10.6. The quantitative estimate of drug-likeness (QED) is 0.447. The van der Waals surface area contributed by atoms with Crippen LogP contribution in [-0.4, -0.2) is 43.0 Å². The largest absolute Gasteiger partial charge is 0.493 e. The summed E-state index contributed by atoms with van der Waals surface area (Å²) in [5.41, 5.74) is 2.73. The van der Waals surface area contributed by atoms with Gasteiger partial charge in [0.25, 0.3) is 5.91 Å². The number of ether oxygens (including phenoxy) is 3. The number of amides is 1. The molecule has 2 heterocycles. The monoisotopic (exact) mass is 481 g/mol. The number of aryl methyl sites for hydroxylation is 2. The van der Waals surface area contributed by atoms with E-state index >= 15 is 0 Å². The fraction of sp³-hybridized carbons (Fsp3) is 0.240. The van der Waals surface area contributed by atoms with Crippen LogP contribution in [0.4, 0.5) is 0 Å². The lowest BCUT2D eigenvalue weighted by atomic mass is 10.1. The molecule has 2 aliphatic heterocycles. The molecule has 8 nitrogen and oxygen atoms in total. The molecule has 0 fully saturated rings. The molecule has 34 heavy (non-hydrogen) atoms. The van der Waals surface area contributed by atoms with Gasteiger partial charge in [-0.25, -0.2) is 0 Å². The second kappa shape index (κ2) is 9.61. The molecule has 0 spiro atoms. The first kappa shape index (κ1) is 23.4. The number of benzene rings is 2. The van der Waals surface area contributed by atoms with Gasteiger partial charge in [-0.3, -0.25) is 10.2 Å². The third kappa shape index (κ3) is 4.63. The lowest BCUT2D eigenvalue weighted by Gasteiger charge is -2.23. The van der Waals surface area contributed by atoms with Crippen molar-refractivity contribution in [1.29, 1.82) is 5.41 Å². The van der Waals surface area contributed by atoms with Crippen LogP contribution in [0.25, 0.3) is 6.08 Å². The van der Waals surface area contributed by atoms with E-state index in [1.807, 2.05) is 32.0 Å². The van der Waals surface area contributed by atoms with E-state index in [0.717, 1.165) is 16.9 Å². The number of allylic oxidation sites excluding steroid dienone is 1. The molecule has 0 atom stereocenters. The number of methoxy groups -OCH3 is 1. The summed E-state index contributed by atoms with van der Waals surface area (Å²) in [5.74, 6) is 1.78. The average molecular weight is 482 g/mol. The Morgan fingerprint density at radius 2 is 1.79 bits per heavy atom. The molecule has 1 amide bonds. The van der Waals surface area contributed by atoms with Gasteiger partial charge in [0.05, 0.1) is 17.7 Å². The van der Waals surface area contributed by atoms with Crippen LogP contribution in [0.5, 0.6) is 17.2 Å². The summed E-state index contributed by atoms with van der Waals surface area (Å²) in [6.45, 7) is 6.29. The highest BCUT2D eigenvalue weighted by Crippen LogP contribution is 2.37. The Balaban J connectivity index is 1.49. The third-order valence-electron chi connectivity index (χ3n) is 5.23. The maximum Gasteiger partial charge on any atom is 0.282 e. The first-order valence-corrected chi connectivity index (χ1v) is 11.0. The Bertz CT molecular complexity index is 1250. The molecule has 9 heteroatoms. The van der Waals surface area contributed by atoms with Gasteiger partial charge in [0.1, 0.15) is 24.7 Å². The van der Waals surface area contributed by atoms with Gasteiger partial charge in [0.2, 0.25) is 0 Å². The van der Waals surface area contributed by atoms with E-state index in [4.69, 9.17) is 36.1 Å². The molecular formula is C25H24ClN3O5. The molecule has 2 aromatic carbocycles. The highest BCUT2D eigenvalue weighted by molar-refractivity contribution is 6.33. The number of amidine groups is 2. The van der Waals surface area contributed by atoms with Gasteiger partial charge in [-0.15, -0.1) is 5.06 Å². The highest BCUT2D eigenvalue weighted by atomic mass is 35.5. The molecule has 4 rings (SSSR count). The maximum absolute atomic E-state index is 12.5. The van der Waals surface area contributed by atoms with E-state index < -0.39 is 5.91 Å². The minimum absolute atomic E-state index is 0.0700. The number of hydrogen-bond donors (Lipinski definition) is 1. The Labute approximate surface area is 202 Å². The Kier molecular flexibility index (Phi) is 6.61. The van der Waals surface area contributed by atoms with Crippen molar-refractivity contribution in [3.8, 4) is 17.2 Å². The molecule has 0 aliphatic carbocycles. The number of aliphatic imine (C=N–C) groups is 1. The van der Waals surface area contributed by atoms with Gasteiger partial charge >= 0.3 is 0 Å². The number of halogens is 1. The molecule has 1 N–H and O–H groups in total. The number of hydrogen-bond acceptors (Lipinski definition) is 6. The summed E-state index contributed by atoms with van der Waals surface area (Å²) in [4.78, 5) is 21.9. The molecular weight excluding hydrogens is 458 g/mol. The zero-order chi connectivity index (χ0) is 24.4. The van der Waals surface area contributed by atoms with E-state index in [-0.39, 0.29) is 23.9 Å². The van der Waals surface area contributed by atoms with Crippen molar-refractivity contribution in [3.05, 3.63) is 69.5 Å². The molecule has 0 radical (unpaired) electrons. The number of hydroxylamine groups is 2. The number of nitrogens with zero attached hydrogens (tertiary/aromatic N) is 2. The Morgan fingerprint density at radius 1 is 1.12 bits per heavy atom. The van der Waals surface area contributed by atoms with Crippen molar-refractivity contribution in [3.63, 3.8) is 0 Å². The van der Waals surface area contributed by atoms with Gasteiger partial charge in [-0.2, -0.15) is 4.99 Å². The minimum atomic E-state index is -0.537. The summed E-state index contributed by atoms with van der Waals surface area (Å²) in [6.07, 6.45) is 3.11. The maximum atomic E-state index is 12.5. The molecule has 0 saturated heterocycles. The van der Waals surface area contributed by atoms with Crippen molar-refractivity contribution < 1.29 is 23.8 Å². The summed E-state index contributed by atoms with van der Waals surface area (Å²) < 4.78 is 17.2. The van der Waals surface area contributed by atoms with Gasteiger partial charge < -0.3 is 19.0 Å². The molecule has 0 bridgehead atoms. The van der Waals surface area contributed by atoms with Crippen molar-refractivity contribution in [2.75, 3.05) is 20.3 Å². The SMILES string of the molecule is COc1cc(/C=C2\C(=N)N3OC(C)=CC3=NC2=O)cc(Cl)c1OCCOc1c(C)cccc1C. The van der Waals surface area contributed by atoms with Crippen LogP contribution in [0.15, 0.2) is 52.7 Å². The van der Waals surface area contributed by atoms with Crippen molar-refractivity contribution in [1.82, 2.24) is 5.06 Å². The number of nitrogens with one attached hydrogen (secondary N) is 1. The molecule has 0 unspecified atom stereocenters. The third-order valence-corrected chi connectivity index (χ3v) is 5.51. The number of rotatable bonds is 7. The Morgan fingerprint density at radius 3 is 2.47 bits per heavy atom. The average Bonchev–Trinajstić information content (AvgIpc) is 3.16. The number of carbonyl (C=O) groups excluding carboxylic acids is 1.